The van der Waals surface area contributed by atoms with Crippen LogP contribution in [0.1, 0.15) is 12.0 Å². The lowest BCUT2D eigenvalue weighted by Gasteiger charge is -2.16. The summed E-state index contributed by atoms with van der Waals surface area (Å²) in [5.41, 5.74) is 1.96. The normalized spacial score (nSPS) is 12.1. The molecule has 0 saturated heterocycles. The zero-order chi connectivity index (χ0) is 15.2. The summed E-state index contributed by atoms with van der Waals surface area (Å²) in [4.78, 5) is 26.7. The van der Waals surface area contributed by atoms with E-state index in [0.717, 1.165) is 16.5 Å². The van der Waals surface area contributed by atoms with E-state index in [1.54, 1.807) is 0 Å². The summed E-state index contributed by atoms with van der Waals surface area (Å²) < 4.78 is 4.77. The Morgan fingerprint density at radius 3 is 2.86 bits per heavy atom. The molecule has 0 saturated carbocycles. The Kier molecular flexibility index (Phi) is 5.27. The van der Waals surface area contributed by atoms with Crippen LogP contribution < -0.4 is 5.32 Å². The molecule has 2 N–H and O–H groups in total. The minimum atomic E-state index is -0.693. The van der Waals surface area contributed by atoms with Crippen molar-refractivity contribution >= 4 is 35.4 Å². The van der Waals surface area contributed by atoms with Crippen molar-refractivity contribution in [2.45, 2.75) is 18.9 Å². The van der Waals surface area contributed by atoms with Crippen molar-refractivity contribution < 1.29 is 14.3 Å². The highest BCUT2D eigenvalue weighted by atomic mass is 32.1. The van der Waals surface area contributed by atoms with E-state index in [-0.39, 0.29) is 12.3 Å². The number of hydrogen-bond donors (Lipinski definition) is 3. The molecule has 1 amide bonds. The molecule has 1 aromatic heterocycles. The molecule has 1 heterocycles. The SMILES string of the molecule is COC(=O)[C@H](Cc1c[nH]c2ccccc12)NC(=O)CCS. The smallest absolute Gasteiger partial charge is 0.328 e. The molecule has 5 nitrogen and oxygen atoms in total. The first-order chi connectivity index (χ1) is 10.2. The largest absolute Gasteiger partial charge is 0.467 e. The molecule has 0 spiro atoms. The van der Waals surface area contributed by atoms with Crippen molar-refractivity contribution in [1.29, 1.82) is 0 Å². The number of para-hydroxylation sites is 1. The van der Waals surface area contributed by atoms with E-state index in [2.05, 4.69) is 22.9 Å². The standard InChI is InChI=1S/C15H18N2O3S/c1-20-15(19)13(17-14(18)6-7-21)8-10-9-16-12-5-3-2-4-11(10)12/h2-5,9,13,16,21H,6-8H2,1H3,(H,17,18)/t13-/m0/s1. The third kappa shape index (κ3) is 3.78. The number of rotatable bonds is 6. The fourth-order valence-electron chi connectivity index (χ4n) is 2.22. The van der Waals surface area contributed by atoms with Crippen molar-refractivity contribution in [3.05, 3.63) is 36.0 Å². The lowest BCUT2D eigenvalue weighted by molar-refractivity contribution is -0.145. The number of methoxy groups -OCH3 is 1. The number of carbonyl (C=O) groups excluding carboxylic acids is 2. The van der Waals surface area contributed by atoms with Gasteiger partial charge in [-0.3, -0.25) is 4.79 Å². The number of ether oxygens (including phenoxy) is 1. The molecule has 0 bridgehead atoms. The number of amides is 1. The van der Waals surface area contributed by atoms with Crippen molar-refractivity contribution in [1.82, 2.24) is 10.3 Å². The predicted octanol–water partition coefficient (Wildman–Crippen LogP) is 1.69. The second-order valence-electron chi connectivity index (χ2n) is 4.68. The van der Waals surface area contributed by atoms with Gasteiger partial charge in [-0.25, -0.2) is 4.79 Å². The van der Waals surface area contributed by atoms with Gasteiger partial charge in [0.05, 0.1) is 7.11 Å². The summed E-state index contributed by atoms with van der Waals surface area (Å²) in [6.45, 7) is 0. The van der Waals surface area contributed by atoms with E-state index >= 15 is 0 Å². The number of aromatic amines is 1. The third-order valence-electron chi connectivity index (χ3n) is 3.26. The first kappa shape index (κ1) is 15.4. The van der Waals surface area contributed by atoms with Crippen molar-refractivity contribution in [2.75, 3.05) is 12.9 Å². The average molecular weight is 306 g/mol. The fourth-order valence-corrected chi connectivity index (χ4v) is 2.43. The molecule has 0 aliphatic heterocycles. The molecule has 6 heteroatoms. The summed E-state index contributed by atoms with van der Waals surface area (Å²) in [6, 6.07) is 7.12. The molecule has 112 valence electrons. The van der Waals surface area contributed by atoms with Crippen LogP contribution in [-0.4, -0.2) is 35.8 Å². The van der Waals surface area contributed by atoms with Crippen LogP contribution in [0.3, 0.4) is 0 Å². The molecule has 1 atom stereocenters. The Hall–Kier alpha value is -1.95. The van der Waals surface area contributed by atoms with Crippen LogP contribution in [0.15, 0.2) is 30.5 Å². The Morgan fingerprint density at radius 2 is 2.14 bits per heavy atom. The van der Waals surface area contributed by atoms with Gasteiger partial charge in [0.15, 0.2) is 0 Å². The number of benzene rings is 1. The van der Waals surface area contributed by atoms with Gasteiger partial charge < -0.3 is 15.0 Å². The molecule has 2 aromatic rings. The van der Waals surface area contributed by atoms with Gasteiger partial charge in [-0.05, 0) is 17.4 Å². The summed E-state index contributed by atoms with van der Waals surface area (Å²) in [5.74, 6) is -0.222. The highest BCUT2D eigenvalue weighted by Gasteiger charge is 2.22. The summed E-state index contributed by atoms with van der Waals surface area (Å²) >= 11 is 4.01. The minimum Gasteiger partial charge on any atom is -0.467 e. The molecule has 21 heavy (non-hydrogen) atoms. The van der Waals surface area contributed by atoms with Crippen molar-refractivity contribution in [3.63, 3.8) is 0 Å². The Bertz CT molecular complexity index is 639. The number of thiol groups is 1. The lowest BCUT2D eigenvalue weighted by atomic mass is 10.0. The van der Waals surface area contributed by atoms with E-state index in [1.165, 1.54) is 7.11 Å². The number of carbonyl (C=O) groups is 2. The third-order valence-corrected chi connectivity index (χ3v) is 3.48. The van der Waals surface area contributed by atoms with Gasteiger partial charge >= 0.3 is 5.97 Å². The van der Waals surface area contributed by atoms with Crippen molar-refractivity contribution in [2.24, 2.45) is 0 Å². The zero-order valence-corrected chi connectivity index (χ0v) is 12.7. The second-order valence-corrected chi connectivity index (χ2v) is 5.13. The lowest BCUT2D eigenvalue weighted by Crippen LogP contribution is -2.43. The average Bonchev–Trinajstić information content (AvgIpc) is 2.89. The zero-order valence-electron chi connectivity index (χ0n) is 11.8. The van der Waals surface area contributed by atoms with Crippen LogP contribution in [-0.2, 0) is 20.7 Å². The van der Waals surface area contributed by atoms with E-state index in [1.807, 2.05) is 30.5 Å². The van der Waals surface area contributed by atoms with Gasteiger partial charge in [-0.15, -0.1) is 0 Å². The molecule has 0 unspecified atom stereocenters. The van der Waals surface area contributed by atoms with Crippen LogP contribution in [0, 0.1) is 0 Å². The van der Waals surface area contributed by atoms with Crippen LogP contribution in [0.25, 0.3) is 10.9 Å². The molecular formula is C15H18N2O3S. The number of H-pyrrole nitrogens is 1. The maximum atomic E-state index is 11.8. The van der Waals surface area contributed by atoms with E-state index in [4.69, 9.17) is 4.74 Å². The van der Waals surface area contributed by atoms with Gasteiger partial charge in [0.25, 0.3) is 0 Å². The molecule has 0 aliphatic rings. The number of aromatic nitrogens is 1. The second kappa shape index (κ2) is 7.17. The summed E-state index contributed by atoms with van der Waals surface area (Å²) in [6.07, 6.45) is 2.50. The van der Waals surface area contributed by atoms with Gasteiger partial charge in [0.1, 0.15) is 6.04 Å². The first-order valence-corrected chi connectivity index (χ1v) is 7.32. The Balaban J connectivity index is 2.18. The number of nitrogens with one attached hydrogen (secondary N) is 2. The maximum Gasteiger partial charge on any atom is 0.328 e. The number of esters is 1. The van der Waals surface area contributed by atoms with Gasteiger partial charge in [0.2, 0.25) is 5.91 Å². The summed E-state index contributed by atoms with van der Waals surface area (Å²) in [5, 5.41) is 3.73. The monoisotopic (exact) mass is 306 g/mol. The molecular weight excluding hydrogens is 288 g/mol. The highest BCUT2D eigenvalue weighted by molar-refractivity contribution is 7.80. The van der Waals surface area contributed by atoms with E-state index < -0.39 is 12.0 Å². The predicted molar refractivity (Wildman–Crippen MR) is 84.4 cm³/mol. The number of hydrogen-bond acceptors (Lipinski definition) is 4. The molecule has 0 aliphatic carbocycles. The molecule has 0 fully saturated rings. The van der Waals surface area contributed by atoms with Gasteiger partial charge in [-0.2, -0.15) is 12.6 Å². The highest BCUT2D eigenvalue weighted by Crippen LogP contribution is 2.19. The minimum absolute atomic E-state index is 0.208. The van der Waals surface area contributed by atoms with Crippen LogP contribution >= 0.6 is 12.6 Å². The van der Waals surface area contributed by atoms with Gasteiger partial charge in [-0.1, -0.05) is 18.2 Å². The molecule has 1 aromatic carbocycles. The molecule has 2 rings (SSSR count). The molecule has 0 radical (unpaired) electrons. The Labute approximate surface area is 128 Å². The van der Waals surface area contributed by atoms with Gasteiger partial charge in [0, 0.05) is 29.9 Å². The maximum absolute atomic E-state index is 11.8. The Morgan fingerprint density at radius 1 is 1.38 bits per heavy atom. The number of fused-ring (bicyclic) bond motifs is 1. The van der Waals surface area contributed by atoms with Crippen molar-refractivity contribution in [3.8, 4) is 0 Å². The topological polar surface area (TPSA) is 71.2 Å². The van der Waals surface area contributed by atoms with Crippen LogP contribution in [0.2, 0.25) is 0 Å². The van der Waals surface area contributed by atoms with Crippen LogP contribution in [0.4, 0.5) is 0 Å². The fraction of sp³-hybridized carbons (Fsp3) is 0.333. The van der Waals surface area contributed by atoms with Crippen LogP contribution in [0.5, 0.6) is 0 Å². The van der Waals surface area contributed by atoms with E-state index in [0.29, 0.717) is 12.2 Å². The summed E-state index contributed by atoms with van der Waals surface area (Å²) in [7, 11) is 1.31. The van der Waals surface area contributed by atoms with E-state index in [9.17, 15) is 9.59 Å². The quantitative estimate of drug-likeness (QED) is 0.562. The first-order valence-electron chi connectivity index (χ1n) is 6.68.